The molecule has 0 fully saturated rings. The quantitative estimate of drug-likeness (QED) is 0.555. The molecular weight excluding hydrogens is 330 g/mol. The summed E-state index contributed by atoms with van der Waals surface area (Å²) in [6.45, 7) is 3.04. The Hall–Kier alpha value is -2.24. The predicted molar refractivity (Wildman–Crippen MR) is 103 cm³/mol. The molecule has 0 saturated carbocycles. The third-order valence-electron chi connectivity index (χ3n) is 4.53. The van der Waals surface area contributed by atoms with E-state index in [1.165, 1.54) is 15.8 Å². The summed E-state index contributed by atoms with van der Waals surface area (Å²) in [7, 11) is 0. The van der Waals surface area contributed by atoms with Crippen molar-refractivity contribution >= 4 is 32.6 Å². The number of benzene rings is 1. The van der Waals surface area contributed by atoms with Crippen molar-refractivity contribution in [2.45, 2.75) is 39.3 Å². The number of rotatable bonds is 6. The molecule has 0 saturated heterocycles. The summed E-state index contributed by atoms with van der Waals surface area (Å²) in [5.41, 5.74) is 5.31. The molecule has 4 aromatic rings. The molecule has 4 rings (SSSR count). The first kappa shape index (κ1) is 16.2. The number of thiophene rings is 1. The Balaban J connectivity index is 1.87. The Kier molecular flexibility index (Phi) is 4.51. The lowest BCUT2D eigenvalue weighted by Gasteiger charge is -2.11. The zero-order chi connectivity index (χ0) is 17.2. The van der Waals surface area contributed by atoms with Gasteiger partial charge in [0.2, 0.25) is 0 Å². The molecule has 3 aromatic heterocycles. The Labute approximate surface area is 150 Å². The highest BCUT2D eigenvalue weighted by molar-refractivity contribution is 7.18. The molecule has 1 N–H and O–H groups in total. The Morgan fingerprint density at radius 3 is 2.88 bits per heavy atom. The zero-order valence-corrected chi connectivity index (χ0v) is 15.1. The molecular formula is C20H21N3OS. The SMILES string of the molecule is CCCCc1nc2cnc3ccsc3c2n1Cc1cccc(CO)c1. The number of aromatic nitrogens is 3. The number of aryl methyl sites for hydroxylation is 1. The van der Waals surface area contributed by atoms with Gasteiger partial charge in [-0.1, -0.05) is 37.6 Å². The Bertz CT molecular complexity index is 1020. The minimum Gasteiger partial charge on any atom is -0.392 e. The van der Waals surface area contributed by atoms with Crippen molar-refractivity contribution in [2.24, 2.45) is 0 Å². The molecule has 128 valence electrons. The fourth-order valence-electron chi connectivity index (χ4n) is 3.27. The highest BCUT2D eigenvalue weighted by Crippen LogP contribution is 2.30. The fourth-order valence-corrected chi connectivity index (χ4v) is 4.17. The average molecular weight is 351 g/mol. The number of imidazole rings is 1. The molecule has 0 atom stereocenters. The Morgan fingerprint density at radius 1 is 1.16 bits per heavy atom. The number of aliphatic hydroxyl groups excluding tert-OH is 1. The molecule has 25 heavy (non-hydrogen) atoms. The fraction of sp³-hybridized carbons (Fsp3) is 0.300. The summed E-state index contributed by atoms with van der Waals surface area (Å²) in [6.07, 6.45) is 5.13. The molecule has 0 bridgehead atoms. The predicted octanol–water partition coefficient (Wildman–Crippen LogP) is 4.53. The third-order valence-corrected chi connectivity index (χ3v) is 5.44. The van der Waals surface area contributed by atoms with Crippen LogP contribution in [0.15, 0.2) is 41.9 Å². The van der Waals surface area contributed by atoms with Crippen LogP contribution in [0.25, 0.3) is 21.3 Å². The standard InChI is InChI=1S/C20H21N3OS/c1-2-3-7-18-22-17-11-21-16-8-9-25-20(16)19(17)23(18)12-14-5-4-6-15(10-14)13-24/h4-6,8-11,24H,2-3,7,12-13H2,1H3. The van der Waals surface area contributed by atoms with Crippen LogP contribution in [-0.2, 0) is 19.6 Å². The van der Waals surface area contributed by atoms with E-state index in [9.17, 15) is 5.11 Å². The molecule has 0 aliphatic carbocycles. The minimum absolute atomic E-state index is 0.0697. The number of hydrogen-bond acceptors (Lipinski definition) is 4. The Morgan fingerprint density at radius 2 is 2.04 bits per heavy atom. The second kappa shape index (κ2) is 6.94. The molecule has 3 heterocycles. The second-order valence-electron chi connectivity index (χ2n) is 6.32. The number of hydrogen-bond donors (Lipinski definition) is 1. The summed E-state index contributed by atoms with van der Waals surface area (Å²) in [6, 6.07) is 10.2. The van der Waals surface area contributed by atoms with Gasteiger partial charge < -0.3 is 9.67 Å². The second-order valence-corrected chi connectivity index (χ2v) is 7.24. The molecule has 0 aliphatic rings. The first-order valence-electron chi connectivity index (χ1n) is 8.70. The van der Waals surface area contributed by atoms with Crippen molar-refractivity contribution in [1.29, 1.82) is 0 Å². The largest absolute Gasteiger partial charge is 0.392 e. The maximum absolute atomic E-state index is 9.42. The number of fused-ring (bicyclic) bond motifs is 3. The van der Waals surface area contributed by atoms with Crippen LogP contribution in [-0.4, -0.2) is 19.6 Å². The summed E-state index contributed by atoms with van der Waals surface area (Å²) >= 11 is 1.72. The van der Waals surface area contributed by atoms with Gasteiger partial charge in [-0.15, -0.1) is 11.3 Å². The van der Waals surface area contributed by atoms with E-state index in [0.717, 1.165) is 48.2 Å². The van der Waals surface area contributed by atoms with Gasteiger partial charge in [0.25, 0.3) is 0 Å². The molecule has 0 aliphatic heterocycles. The van der Waals surface area contributed by atoms with E-state index in [1.807, 2.05) is 18.3 Å². The van der Waals surface area contributed by atoms with Crippen molar-refractivity contribution in [2.75, 3.05) is 0 Å². The van der Waals surface area contributed by atoms with Crippen LogP contribution in [0.4, 0.5) is 0 Å². The molecule has 5 heteroatoms. The summed E-state index contributed by atoms with van der Waals surface area (Å²) in [4.78, 5) is 9.42. The van der Waals surface area contributed by atoms with E-state index in [-0.39, 0.29) is 6.61 Å². The summed E-state index contributed by atoms with van der Waals surface area (Å²) in [5.74, 6) is 1.12. The van der Waals surface area contributed by atoms with Crippen molar-refractivity contribution in [3.05, 3.63) is 58.9 Å². The van der Waals surface area contributed by atoms with E-state index >= 15 is 0 Å². The van der Waals surface area contributed by atoms with Gasteiger partial charge in [-0.25, -0.2) is 4.98 Å². The van der Waals surface area contributed by atoms with Crippen molar-refractivity contribution in [1.82, 2.24) is 14.5 Å². The molecule has 1 aromatic carbocycles. The lowest BCUT2D eigenvalue weighted by Crippen LogP contribution is -2.06. The van der Waals surface area contributed by atoms with Crippen molar-refractivity contribution in [3.63, 3.8) is 0 Å². The number of nitrogens with zero attached hydrogens (tertiary/aromatic N) is 3. The maximum atomic E-state index is 9.42. The molecule has 0 unspecified atom stereocenters. The van der Waals surface area contributed by atoms with Gasteiger partial charge in [0.15, 0.2) is 0 Å². The first-order chi connectivity index (χ1) is 12.3. The normalized spacial score (nSPS) is 11.6. The summed E-state index contributed by atoms with van der Waals surface area (Å²) in [5, 5.41) is 11.5. The van der Waals surface area contributed by atoms with Crippen LogP contribution >= 0.6 is 11.3 Å². The molecule has 0 spiro atoms. The molecule has 0 radical (unpaired) electrons. The van der Waals surface area contributed by atoms with Crippen LogP contribution in [0, 0.1) is 0 Å². The number of aliphatic hydroxyl groups is 1. The monoisotopic (exact) mass is 351 g/mol. The van der Waals surface area contributed by atoms with Gasteiger partial charge in [0.05, 0.1) is 28.5 Å². The molecule has 0 amide bonds. The number of unbranched alkanes of at least 4 members (excludes halogenated alkanes) is 1. The van der Waals surface area contributed by atoms with E-state index in [4.69, 9.17) is 4.98 Å². The van der Waals surface area contributed by atoms with Crippen LogP contribution < -0.4 is 0 Å². The van der Waals surface area contributed by atoms with Gasteiger partial charge in [0.1, 0.15) is 11.3 Å². The smallest absolute Gasteiger partial charge is 0.110 e. The number of pyridine rings is 1. The van der Waals surface area contributed by atoms with Gasteiger partial charge >= 0.3 is 0 Å². The third kappa shape index (κ3) is 3.05. The lowest BCUT2D eigenvalue weighted by molar-refractivity contribution is 0.281. The average Bonchev–Trinajstić information content (AvgIpc) is 3.24. The van der Waals surface area contributed by atoms with Gasteiger partial charge in [-0.2, -0.15) is 0 Å². The van der Waals surface area contributed by atoms with Crippen LogP contribution in [0.1, 0.15) is 36.7 Å². The van der Waals surface area contributed by atoms with Gasteiger partial charge in [-0.3, -0.25) is 4.98 Å². The summed E-state index contributed by atoms with van der Waals surface area (Å²) < 4.78 is 3.54. The topological polar surface area (TPSA) is 50.9 Å². The highest BCUT2D eigenvalue weighted by Gasteiger charge is 2.15. The van der Waals surface area contributed by atoms with Crippen LogP contribution in [0.5, 0.6) is 0 Å². The van der Waals surface area contributed by atoms with Gasteiger partial charge in [0, 0.05) is 13.0 Å². The van der Waals surface area contributed by atoms with Crippen LogP contribution in [0.3, 0.4) is 0 Å². The van der Waals surface area contributed by atoms with E-state index in [0.29, 0.717) is 0 Å². The minimum atomic E-state index is 0.0697. The zero-order valence-electron chi connectivity index (χ0n) is 14.3. The van der Waals surface area contributed by atoms with E-state index in [1.54, 1.807) is 11.3 Å². The highest BCUT2D eigenvalue weighted by atomic mass is 32.1. The van der Waals surface area contributed by atoms with E-state index < -0.39 is 0 Å². The first-order valence-corrected chi connectivity index (χ1v) is 9.58. The van der Waals surface area contributed by atoms with E-state index in [2.05, 4.69) is 40.1 Å². The van der Waals surface area contributed by atoms with Gasteiger partial charge in [-0.05, 0) is 29.0 Å². The van der Waals surface area contributed by atoms with Crippen LogP contribution in [0.2, 0.25) is 0 Å². The molecule has 4 nitrogen and oxygen atoms in total. The van der Waals surface area contributed by atoms with Crippen molar-refractivity contribution in [3.8, 4) is 0 Å². The van der Waals surface area contributed by atoms with Crippen molar-refractivity contribution < 1.29 is 5.11 Å². The lowest BCUT2D eigenvalue weighted by atomic mass is 10.1. The maximum Gasteiger partial charge on any atom is 0.110 e.